The molecule has 0 radical (unpaired) electrons. The summed E-state index contributed by atoms with van der Waals surface area (Å²) in [7, 11) is -4.29. The molecule has 0 aliphatic rings. The van der Waals surface area contributed by atoms with Crippen LogP contribution < -0.4 is 5.73 Å². The maximum absolute atomic E-state index is 12.6. The topological polar surface area (TPSA) is 117 Å². The van der Waals surface area contributed by atoms with Gasteiger partial charge in [-0.05, 0) is 57.4 Å². The van der Waals surface area contributed by atoms with Gasteiger partial charge in [0.05, 0.1) is 19.5 Å². The first kappa shape index (κ1) is 50.6. The van der Waals surface area contributed by atoms with Gasteiger partial charge < -0.3 is 20.1 Å². The van der Waals surface area contributed by atoms with Crippen LogP contribution in [0, 0.1) is 0 Å². The van der Waals surface area contributed by atoms with Gasteiger partial charge in [0.15, 0.2) is 6.10 Å². The summed E-state index contributed by atoms with van der Waals surface area (Å²) >= 11 is 0. The quantitative estimate of drug-likeness (QED) is 0.0208. The van der Waals surface area contributed by atoms with Crippen molar-refractivity contribution < 1.29 is 32.8 Å². The number of carbonyl (C=O) groups excluding carboxylic acids is 1. The Morgan fingerprint density at radius 3 is 1.56 bits per heavy atom. The first-order chi connectivity index (χ1) is 25.4. The van der Waals surface area contributed by atoms with Crippen LogP contribution in [0.2, 0.25) is 0 Å². The van der Waals surface area contributed by atoms with E-state index in [0.29, 0.717) is 6.42 Å². The fourth-order valence-corrected chi connectivity index (χ4v) is 6.70. The zero-order valence-electron chi connectivity index (χ0n) is 33.8. The fraction of sp³-hybridized carbons (Fsp3) is 0.837. The molecule has 0 spiro atoms. The molecule has 3 N–H and O–H groups in total. The minimum Gasteiger partial charge on any atom is -0.498 e. The van der Waals surface area contributed by atoms with Gasteiger partial charge in [-0.25, -0.2) is 4.57 Å². The summed E-state index contributed by atoms with van der Waals surface area (Å²) in [6, 6.07) is 0. The Labute approximate surface area is 320 Å². The van der Waals surface area contributed by atoms with Crippen molar-refractivity contribution in [1.82, 2.24) is 0 Å². The molecule has 0 bridgehead atoms. The lowest BCUT2D eigenvalue weighted by molar-refractivity contribution is -0.153. The second kappa shape index (κ2) is 40.7. The van der Waals surface area contributed by atoms with E-state index in [1.165, 1.54) is 135 Å². The predicted molar refractivity (Wildman–Crippen MR) is 219 cm³/mol. The minimum atomic E-state index is -4.29. The van der Waals surface area contributed by atoms with E-state index in [9.17, 15) is 14.3 Å². The second-order valence-corrected chi connectivity index (χ2v) is 15.7. The zero-order valence-corrected chi connectivity index (χ0v) is 34.7. The van der Waals surface area contributed by atoms with Crippen LogP contribution in [-0.2, 0) is 27.9 Å². The van der Waals surface area contributed by atoms with E-state index in [0.717, 1.165) is 44.9 Å². The molecule has 2 unspecified atom stereocenters. The Bertz CT molecular complexity index is 895. The van der Waals surface area contributed by atoms with E-state index in [-0.39, 0.29) is 32.3 Å². The normalized spacial score (nSPS) is 13.8. The van der Waals surface area contributed by atoms with Crippen LogP contribution in [0.5, 0.6) is 0 Å². The number of unbranched alkanes of at least 4 members (excludes halogenated alkanes) is 24. The molecule has 0 aliphatic carbocycles. The Morgan fingerprint density at radius 1 is 0.596 bits per heavy atom. The zero-order chi connectivity index (χ0) is 38.1. The van der Waals surface area contributed by atoms with Crippen molar-refractivity contribution in [1.29, 1.82) is 0 Å². The summed E-state index contributed by atoms with van der Waals surface area (Å²) in [6.45, 7) is 4.22. The van der Waals surface area contributed by atoms with E-state index < -0.39 is 13.9 Å². The summed E-state index contributed by atoms with van der Waals surface area (Å²) in [5.74, 6) is -0.359. The molecule has 8 nitrogen and oxygen atoms in total. The van der Waals surface area contributed by atoms with E-state index >= 15 is 0 Å². The molecule has 0 aromatic heterocycles. The molecule has 306 valence electrons. The molecule has 0 amide bonds. The molecule has 0 fully saturated rings. The Balaban J connectivity index is 4.09. The Morgan fingerprint density at radius 2 is 1.04 bits per heavy atom. The highest BCUT2D eigenvalue weighted by atomic mass is 31.2. The standard InChI is InChI=1S/C43H82NO7P/c1-3-5-7-9-11-13-15-17-19-21-22-24-26-28-30-32-34-36-43(45)51-42(41-50-52(46,47)49-39-37-44)40-48-38-35-33-31-29-27-25-23-20-18-16-14-12-10-8-6-4-2/h11,13,17,19,35,38,42H,3-10,12,14-16,18,20-34,36-37,39-41,44H2,1-2H3,(H,46,47). The van der Waals surface area contributed by atoms with Crippen LogP contribution in [0.25, 0.3) is 0 Å². The van der Waals surface area contributed by atoms with Gasteiger partial charge in [0, 0.05) is 13.0 Å². The molecular formula is C43H82NO7P. The molecule has 2 atom stereocenters. The van der Waals surface area contributed by atoms with Crippen LogP contribution in [0.15, 0.2) is 36.6 Å². The first-order valence-electron chi connectivity index (χ1n) is 21.5. The minimum absolute atomic E-state index is 0.0306. The van der Waals surface area contributed by atoms with Crippen molar-refractivity contribution in [3.8, 4) is 0 Å². The van der Waals surface area contributed by atoms with Gasteiger partial charge in [-0.1, -0.05) is 167 Å². The van der Waals surface area contributed by atoms with Crippen LogP contribution in [0.3, 0.4) is 0 Å². The van der Waals surface area contributed by atoms with Gasteiger partial charge in [-0.15, -0.1) is 0 Å². The number of ether oxygens (including phenoxy) is 2. The number of nitrogens with two attached hydrogens (primary N) is 1. The molecular weight excluding hydrogens is 673 g/mol. The van der Waals surface area contributed by atoms with E-state index in [1.807, 2.05) is 6.08 Å². The molecule has 0 heterocycles. The number of phosphoric acid groups is 1. The molecule has 0 aromatic rings. The Hall–Kier alpha value is -1.44. The highest BCUT2D eigenvalue weighted by Crippen LogP contribution is 2.43. The third-order valence-electron chi connectivity index (χ3n) is 9.12. The van der Waals surface area contributed by atoms with Crippen molar-refractivity contribution in [3.63, 3.8) is 0 Å². The summed E-state index contributed by atoms with van der Waals surface area (Å²) in [5.41, 5.74) is 5.36. The maximum atomic E-state index is 12.6. The van der Waals surface area contributed by atoms with Crippen LogP contribution in [0.1, 0.15) is 200 Å². The summed E-state index contributed by atoms with van der Waals surface area (Å²) in [6.07, 6.45) is 46.8. The highest BCUT2D eigenvalue weighted by molar-refractivity contribution is 7.47. The summed E-state index contributed by atoms with van der Waals surface area (Å²) < 4.78 is 33.2. The van der Waals surface area contributed by atoms with Crippen molar-refractivity contribution in [2.45, 2.75) is 206 Å². The summed E-state index contributed by atoms with van der Waals surface area (Å²) in [4.78, 5) is 22.4. The number of hydrogen-bond donors (Lipinski definition) is 2. The van der Waals surface area contributed by atoms with E-state index in [4.69, 9.17) is 24.3 Å². The van der Waals surface area contributed by atoms with E-state index in [2.05, 4.69) is 38.2 Å². The number of allylic oxidation sites excluding steroid dienone is 5. The Kier molecular flexibility index (Phi) is 39.6. The molecule has 0 saturated heterocycles. The fourth-order valence-electron chi connectivity index (χ4n) is 5.93. The number of esters is 1. The molecule has 9 heteroatoms. The van der Waals surface area contributed by atoms with Crippen molar-refractivity contribution in [3.05, 3.63) is 36.6 Å². The molecule has 0 rings (SSSR count). The monoisotopic (exact) mass is 756 g/mol. The molecule has 0 saturated carbocycles. The molecule has 52 heavy (non-hydrogen) atoms. The third-order valence-corrected chi connectivity index (χ3v) is 10.1. The first-order valence-corrected chi connectivity index (χ1v) is 23.0. The largest absolute Gasteiger partial charge is 0.498 e. The van der Waals surface area contributed by atoms with Crippen LogP contribution in [0.4, 0.5) is 0 Å². The van der Waals surface area contributed by atoms with Gasteiger partial charge in [-0.3, -0.25) is 13.8 Å². The average molecular weight is 756 g/mol. The van der Waals surface area contributed by atoms with Gasteiger partial charge in [0.1, 0.15) is 6.61 Å². The van der Waals surface area contributed by atoms with Crippen LogP contribution >= 0.6 is 7.82 Å². The highest BCUT2D eigenvalue weighted by Gasteiger charge is 2.25. The lowest BCUT2D eigenvalue weighted by Gasteiger charge is -2.19. The van der Waals surface area contributed by atoms with E-state index in [1.54, 1.807) is 6.26 Å². The number of phosphoric ester groups is 1. The third kappa shape index (κ3) is 39.8. The van der Waals surface area contributed by atoms with Gasteiger partial charge in [0.2, 0.25) is 0 Å². The van der Waals surface area contributed by atoms with Crippen molar-refractivity contribution in [2.75, 3.05) is 26.4 Å². The van der Waals surface area contributed by atoms with Crippen molar-refractivity contribution >= 4 is 13.8 Å². The summed E-state index contributed by atoms with van der Waals surface area (Å²) in [5, 5.41) is 0. The van der Waals surface area contributed by atoms with Gasteiger partial charge in [-0.2, -0.15) is 0 Å². The lowest BCUT2D eigenvalue weighted by Crippen LogP contribution is -2.27. The number of rotatable bonds is 41. The second-order valence-electron chi connectivity index (χ2n) is 14.3. The van der Waals surface area contributed by atoms with Crippen molar-refractivity contribution in [2.24, 2.45) is 5.73 Å². The molecule has 0 aliphatic heterocycles. The van der Waals surface area contributed by atoms with Gasteiger partial charge in [0.25, 0.3) is 0 Å². The van der Waals surface area contributed by atoms with Crippen LogP contribution in [-0.4, -0.2) is 43.3 Å². The number of carbonyl (C=O) groups is 1. The molecule has 0 aromatic carbocycles. The average Bonchev–Trinajstić information content (AvgIpc) is 3.13. The van der Waals surface area contributed by atoms with Gasteiger partial charge >= 0.3 is 13.8 Å². The predicted octanol–water partition coefficient (Wildman–Crippen LogP) is 13.0. The maximum Gasteiger partial charge on any atom is 0.472 e. The SMILES string of the molecule is CCCCCC=CCC=CCCCCCCCCCC(=O)OC(COC=CCCCCCCCCCCCCCCCC)COP(=O)(O)OCCN. The smallest absolute Gasteiger partial charge is 0.472 e. The lowest BCUT2D eigenvalue weighted by atomic mass is 10.0. The number of hydrogen-bond acceptors (Lipinski definition) is 7.